The first-order valence-electron chi connectivity index (χ1n) is 9.61. The highest BCUT2D eigenvalue weighted by Crippen LogP contribution is 2.13. The highest BCUT2D eigenvalue weighted by atomic mass is 16.5. The van der Waals surface area contributed by atoms with Gasteiger partial charge in [0.1, 0.15) is 5.52 Å². The van der Waals surface area contributed by atoms with Crippen molar-refractivity contribution in [2.75, 3.05) is 19.8 Å². The molecule has 0 saturated carbocycles. The quantitative estimate of drug-likeness (QED) is 0.616. The molecule has 1 N–H and O–H groups in total. The van der Waals surface area contributed by atoms with Crippen LogP contribution >= 0.6 is 0 Å². The minimum absolute atomic E-state index is 0.0595. The molecule has 29 heavy (non-hydrogen) atoms. The zero-order valence-electron chi connectivity index (χ0n) is 15.9. The Balaban J connectivity index is 1.28. The van der Waals surface area contributed by atoms with Crippen LogP contribution in [-0.4, -0.2) is 52.7 Å². The Hall–Kier alpha value is -3.26. The van der Waals surface area contributed by atoms with Crippen LogP contribution in [0.3, 0.4) is 0 Å². The van der Waals surface area contributed by atoms with Crippen molar-refractivity contribution in [3.63, 3.8) is 0 Å². The van der Waals surface area contributed by atoms with E-state index in [0.717, 1.165) is 36.0 Å². The molecule has 1 atom stereocenters. The van der Waals surface area contributed by atoms with Crippen molar-refractivity contribution in [3.8, 4) is 0 Å². The number of carbonyl (C=O) groups excluding carboxylic acids is 2. The van der Waals surface area contributed by atoms with Crippen molar-refractivity contribution in [1.29, 1.82) is 0 Å². The van der Waals surface area contributed by atoms with E-state index < -0.39 is 5.97 Å². The van der Waals surface area contributed by atoms with Crippen LogP contribution in [0.4, 0.5) is 0 Å². The van der Waals surface area contributed by atoms with Crippen molar-refractivity contribution < 1.29 is 19.1 Å². The summed E-state index contributed by atoms with van der Waals surface area (Å²) in [4.78, 5) is 24.0. The lowest BCUT2D eigenvalue weighted by Crippen LogP contribution is -2.34. The van der Waals surface area contributed by atoms with E-state index in [1.807, 2.05) is 36.4 Å². The van der Waals surface area contributed by atoms with Gasteiger partial charge < -0.3 is 14.8 Å². The topological polar surface area (TPSA) is 95.3 Å². The van der Waals surface area contributed by atoms with E-state index in [9.17, 15) is 9.59 Å². The molecule has 3 aromatic rings. The lowest BCUT2D eigenvalue weighted by Gasteiger charge is -2.11. The van der Waals surface area contributed by atoms with E-state index in [2.05, 4.69) is 15.6 Å². The first-order valence-corrected chi connectivity index (χ1v) is 9.61. The van der Waals surface area contributed by atoms with Gasteiger partial charge in [-0.15, -0.1) is 5.10 Å². The van der Waals surface area contributed by atoms with Gasteiger partial charge in [0.2, 0.25) is 0 Å². The van der Waals surface area contributed by atoms with Gasteiger partial charge in [-0.3, -0.25) is 4.79 Å². The summed E-state index contributed by atoms with van der Waals surface area (Å²) < 4.78 is 12.3. The molecule has 4 rings (SSSR count). The normalized spacial score (nSPS) is 16.1. The standard InChI is InChI=1S/C21H22N4O4/c26-20(22-12-17-4-3-11-28-17)14-29-21(27)16-9-7-15(8-10-16)13-25-19-6-2-1-5-18(19)23-24-25/h1-2,5-10,17H,3-4,11-14H2,(H,22,26)/t17-/m0/s1. The smallest absolute Gasteiger partial charge is 0.338 e. The summed E-state index contributed by atoms with van der Waals surface area (Å²) in [6, 6.07) is 14.8. The SMILES string of the molecule is O=C(COC(=O)c1ccc(Cn2nnc3ccccc32)cc1)NC[C@@H]1CCCO1. The molecule has 0 unspecified atom stereocenters. The van der Waals surface area contributed by atoms with E-state index >= 15 is 0 Å². The van der Waals surface area contributed by atoms with Crippen LogP contribution in [0.1, 0.15) is 28.8 Å². The molecule has 1 aliphatic heterocycles. The van der Waals surface area contributed by atoms with Crippen LogP contribution in [0, 0.1) is 0 Å². The van der Waals surface area contributed by atoms with Gasteiger partial charge in [-0.2, -0.15) is 0 Å². The maximum Gasteiger partial charge on any atom is 0.338 e. The molecular weight excluding hydrogens is 372 g/mol. The van der Waals surface area contributed by atoms with E-state index in [1.165, 1.54) is 0 Å². The number of ether oxygens (including phenoxy) is 2. The van der Waals surface area contributed by atoms with Crippen LogP contribution in [0.2, 0.25) is 0 Å². The van der Waals surface area contributed by atoms with Gasteiger partial charge >= 0.3 is 5.97 Å². The lowest BCUT2D eigenvalue weighted by atomic mass is 10.1. The third-order valence-electron chi connectivity index (χ3n) is 4.83. The Bertz CT molecular complexity index is 993. The van der Waals surface area contributed by atoms with Crippen LogP contribution in [-0.2, 0) is 20.8 Å². The molecule has 1 fully saturated rings. The number of benzene rings is 2. The summed E-state index contributed by atoms with van der Waals surface area (Å²) in [5.74, 6) is -0.862. The van der Waals surface area contributed by atoms with E-state index in [0.29, 0.717) is 18.7 Å². The van der Waals surface area contributed by atoms with Gasteiger partial charge in [0.15, 0.2) is 6.61 Å². The maximum absolute atomic E-state index is 12.2. The number of para-hydroxylation sites is 1. The van der Waals surface area contributed by atoms with Crippen LogP contribution < -0.4 is 5.32 Å². The zero-order valence-corrected chi connectivity index (χ0v) is 15.9. The number of esters is 1. The third-order valence-corrected chi connectivity index (χ3v) is 4.83. The Kier molecular flexibility index (Phi) is 5.81. The largest absolute Gasteiger partial charge is 0.452 e. The van der Waals surface area contributed by atoms with Crippen molar-refractivity contribution in [1.82, 2.24) is 20.3 Å². The maximum atomic E-state index is 12.2. The van der Waals surface area contributed by atoms with Gasteiger partial charge in [-0.05, 0) is 42.7 Å². The fourth-order valence-electron chi connectivity index (χ4n) is 3.25. The van der Waals surface area contributed by atoms with E-state index in [1.54, 1.807) is 16.8 Å². The van der Waals surface area contributed by atoms with Gasteiger partial charge in [0, 0.05) is 13.2 Å². The average Bonchev–Trinajstić information content (AvgIpc) is 3.41. The molecule has 0 aliphatic carbocycles. The van der Waals surface area contributed by atoms with Gasteiger partial charge in [0.25, 0.3) is 5.91 Å². The second-order valence-corrected chi connectivity index (χ2v) is 6.95. The highest BCUT2D eigenvalue weighted by molar-refractivity contribution is 5.91. The predicted octanol–water partition coefficient (Wildman–Crippen LogP) is 1.93. The number of hydrogen-bond acceptors (Lipinski definition) is 6. The zero-order chi connectivity index (χ0) is 20.1. The molecule has 1 amide bonds. The second kappa shape index (κ2) is 8.83. The minimum Gasteiger partial charge on any atom is -0.452 e. The fraction of sp³-hybridized carbons (Fsp3) is 0.333. The lowest BCUT2D eigenvalue weighted by molar-refractivity contribution is -0.124. The van der Waals surface area contributed by atoms with Crippen molar-refractivity contribution >= 4 is 22.9 Å². The fourth-order valence-corrected chi connectivity index (χ4v) is 3.25. The minimum atomic E-state index is -0.532. The summed E-state index contributed by atoms with van der Waals surface area (Å²) in [7, 11) is 0. The molecule has 2 heterocycles. The molecule has 8 heteroatoms. The number of nitrogens with zero attached hydrogens (tertiary/aromatic N) is 3. The summed E-state index contributed by atoms with van der Waals surface area (Å²) in [5.41, 5.74) is 3.16. The van der Waals surface area contributed by atoms with Crippen LogP contribution in [0.5, 0.6) is 0 Å². The van der Waals surface area contributed by atoms with Crippen LogP contribution in [0.25, 0.3) is 11.0 Å². The summed E-state index contributed by atoms with van der Waals surface area (Å²) in [5, 5.41) is 11.0. The first kappa shape index (κ1) is 19.1. The Labute approximate surface area is 167 Å². The summed E-state index contributed by atoms with van der Waals surface area (Å²) in [6.07, 6.45) is 2.01. The molecule has 0 radical (unpaired) electrons. The summed E-state index contributed by atoms with van der Waals surface area (Å²) in [6.45, 7) is 1.42. The molecular formula is C21H22N4O4. The van der Waals surface area contributed by atoms with Crippen molar-refractivity contribution in [2.24, 2.45) is 0 Å². The number of amides is 1. The molecule has 1 aromatic heterocycles. The Morgan fingerprint density at radius 1 is 1.17 bits per heavy atom. The monoisotopic (exact) mass is 394 g/mol. The Morgan fingerprint density at radius 3 is 2.79 bits per heavy atom. The molecule has 1 aliphatic rings. The molecule has 8 nitrogen and oxygen atoms in total. The third kappa shape index (κ3) is 4.78. The average molecular weight is 394 g/mol. The molecule has 0 spiro atoms. The Morgan fingerprint density at radius 2 is 2.00 bits per heavy atom. The molecule has 150 valence electrons. The van der Waals surface area contributed by atoms with Gasteiger partial charge in [-0.1, -0.05) is 29.5 Å². The van der Waals surface area contributed by atoms with Crippen molar-refractivity contribution in [2.45, 2.75) is 25.5 Å². The number of nitrogens with one attached hydrogen (secondary N) is 1. The summed E-state index contributed by atoms with van der Waals surface area (Å²) >= 11 is 0. The highest BCUT2D eigenvalue weighted by Gasteiger charge is 2.17. The first-order chi connectivity index (χ1) is 14.2. The number of fused-ring (bicyclic) bond motifs is 1. The number of rotatable bonds is 7. The van der Waals surface area contributed by atoms with E-state index in [4.69, 9.17) is 9.47 Å². The number of hydrogen-bond donors (Lipinski definition) is 1. The number of carbonyl (C=O) groups is 2. The second-order valence-electron chi connectivity index (χ2n) is 6.95. The molecule has 0 bridgehead atoms. The predicted molar refractivity (Wildman–Crippen MR) is 105 cm³/mol. The van der Waals surface area contributed by atoms with Gasteiger partial charge in [0.05, 0.1) is 23.7 Å². The number of aromatic nitrogens is 3. The molecule has 2 aromatic carbocycles. The molecule has 1 saturated heterocycles. The van der Waals surface area contributed by atoms with Crippen LogP contribution in [0.15, 0.2) is 48.5 Å². The van der Waals surface area contributed by atoms with E-state index in [-0.39, 0.29) is 18.6 Å². The van der Waals surface area contributed by atoms with Gasteiger partial charge in [-0.25, -0.2) is 9.48 Å². The van der Waals surface area contributed by atoms with Crippen molar-refractivity contribution in [3.05, 3.63) is 59.7 Å².